The smallest absolute Gasteiger partial charge is 0.251 e. The van der Waals surface area contributed by atoms with E-state index in [1.54, 1.807) is 6.07 Å². The van der Waals surface area contributed by atoms with Crippen LogP contribution in [0.3, 0.4) is 0 Å². The van der Waals surface area contributed by atoms with Gasteiger partial charge >= 0.3 is 0 Å². The van der Waals surface area contributed by atoms with Gasteiger partial charge in [0.15, 0.2) is 0 Å². The molecule has 1 amide bonds. The van der Waals surface area contributed by atoms with Gasteiger partial charge in [0.2, 0.25) is 5.56 Å². The van der Waals surface area contributed by atoms with E-state index in [9.17, 15) is 9.59 Å². The first-order valence-corrected chi connectivity index (χ1v) is 6.98. The molecule has 2 fully saturated rings. The van der Waals surface area contributed by atoms with Gasteiger partial charge in [-0.3, -0.25) is 14.5 Å². The van der Waals surface area contributed by atoms with Crippen molar-refractivity contribution in [3.8, 4) is 0 Å². The van der Waals surface area contributed by atoms with Crippen molar-refractivity contribution in [2.24, 2.45) is 0 Å². The standard InChI is InChI=1S/C14H19N3O2/c18-13-9-10(5-6-15-13)14(19)16-11-3-1-7-17-8-2-4-12(11)17/h5-6,9,11-12H,1-4,7-8H2,(H,15,18)(H,16,19)/t11-,12-/m0/s1. The van der Waals surface area contributed by atoms with Crippen LogP contribution in [-0.2, 0) is 0 Å². The number of nitrogens with zero attached hydrogens (tertiary/aromatic N) is 1. The number of fused-ring (bicyclic) bond motifs is 1. The van der Waals surface area contributed by atoms with Gasteiger partial charge in [0, 0.05) is 29.9 Å². The summed E-state index contributed by atoms with van der Waals surface area (Å²) in [5.41, 5.74) is 0.206. The number of carbonyl (C=O) groups is 1. The first-order valence-electron chi connectivity index (χ1n) is 6.98. The number of hydrogen-bond acceptors (Lipinski definition) is 3. The SMILES string of the molecule is O=C(N[C@H]1CCCN2CCC[C@@H]12)c1cc[nH]c(=O)c1. The number of nitrogens with one attached hydrogen (secondary N) is 2. The molecular weight excluding hydrogens is 242 g/mol. The Kier molecular flexibility index (Phi) is 3.38. The monoisotopic (exact) mass is 261 g/mol. The molecule has 3 rings (SSSR count). The Morgan fingerprint density at radius 1 is 1.32 bits per heavy atom. The Bertz CT molecular complexity index is 525. The predicted molar refractivity (Wildman–Crippen MR) is 72.1 cm³/mol. The first-order chi connectivity index (χ1) is 9.24. The summed E-state index contributed by atoms with van der Waals surface area (Å²) in [6.07, 6.45) is 6.08. The largest absolute Gasteiger partial charge is 0.348 e. The molecule has 5 heteroatoms. The summed E-state index contributed by atoms with van der Waals surface area (Å²) in [6, 6.07) is 3.71. The molecule has 2 aliphatic heterocycles. The Labute approximate surface area is 112 Å². The summed E-state index contributed by atoms with van der Waals surface area (Å²) < 4.78 is 0. The van der Waals surface area contributed by atoms with E-state index in [4.69, 9.17) is 0 Å². The quantitative estimate of drug-likeness (QED) is 0.825. The maximum atomic E-state index is 12.2. The lowest BCUT2D eigenvalue weighted by Crippen LogP contribution is -2.52. The van der Waals surface area contributed by atoms with Gasteiger partial charge in [-0.25, -0.2) is 0 Å². The second-order valence-electron chi connectivity index (χ2n) is 5.41. The van der Waals surface area contributed by atoms with Crippen LogP contribution in [-0.4, -0.2) is 41.0 Å². The molecule has 19 heavy (non-hydrogen) atoms. The summed E-state index contributed by atoms with van der Waals surface area (Å²) in [7, 11) is 0. The van der Waals surface area contributed by atoms with E-state index < -0.39 is 0 Å². The number of amides is 1. The molecule has 0 spiro atoms. The average Bonchev–Trinajstić information content (AvgIpc) is 2.88. The van der Waals surface area contributed by atoms with Gasteiger partial charge in [-0.2, -0.15) is 0 Å². The molecule has 0 bridgehead atoms. The Balaban J connectivity index is 1.70. The highest BCUT2D eigenvalue weighted by molar-refractivity contribution is 5.94. The highest BCUT2D eigenvalue weighted by Gasteiger charge is 2.35. The molecule has 0 saturated carbocycles. The molecule has 2 N–H and O–H groups in total. The molecule has 0 aromatic carbocycles. The zero-order valence-electron chi connectivity index (χ0n) is 10.9. The molecule has 1 aromatic rings. The summed E-state index contributed by atoms with van der Waals surface area (Å²) in [5, 5.41) is 3.10. The molecule has 102 valence electrons. The number of piperidine rings is 1. The summed E-state index contributed by atoms with van der Waals surface area (Å²) in [4.78, 5) is 28.4. The van der Waals surface area contributed by atoms with Crippen LogP contribution in [0.15, 0.2) is 23.1 Å². The molecule has 0 aliphatic carbocycles. The lowest BCUT2D eigenvalue weighted by atomic mass is 9.96. The third-order valence-electron chi connectivity index (χ3n) is 4.19. The fraction of sp³-hybridized carbons (Fsp3) is 0.571. The van der Waals surface area contributed by atoms with Gasteiger partial charge in [-0.15, -0.1) is 0 Å². The highest BCUT2D eigenvalue weighted by Crippen LogP contribution is 2.27. The zero-order valence-corrected chi connectivity index (χ0v) is 10.9. The molecular formula is C14H19N3O2. The minimum Gasteiger partial charge on any atom is -0.348 e. The van der Waals surface area contributed by atoms with E-state index in [2.05, 4.69) is 15.2 Å². The van der Waals surface area contributed by atoms with E-state index in [1.165, 1.54) is 25.1 Å². The van der Waals surface area contributed by atoms with Crippen LogP contribution in [0.4, 0.5) is 0 Å². The van der Waals surface area contributed by atoms with Crippen molar-refractivity contribution in [1.82, 2.24) is 15.2 Å². The molecule has 3 heterocycles. The predicted octanol–water partition coefficient (Wildman–Crippen LogP) is 0.731. The third-order valence-corrected chi connectivity index (χ3v) is 4.19. The minimum atomic E-state index is -0.237. The molecule has 1 aromatic heterocycles. The van der Waals surface area contributed by atoms with Gasteiger partial charge in [0.25, 0.3) is 5.91 Å². The number of carbonyl (C=O) groups excluding carboxylic acids is 1. The van der Waals surface area contributed by atoms with E-state index in [0.29, 0.717) is 11.6 Å². The van der Waals surface area contributed by atoms with Crippen molar-refractivity contribution in [3.63, 3.8) is 0 Å². The van der Waals surface area contributed by atoms with Crippen LogP contribution in [0.2, 0.25) is 0 Å². The lowest BCUT2D eigenvalue weighted by Gasteiger charge is -2.37. The third kappa shape index (κ3) is 2.56. The summed E-state index contributed by atoms with van der Waals surface area (Å²) in [6.45, 7) is 2.31. The van der Waals surface area contributed by atoms with Gasteiger partial charge in [-0.05, 0) is 44.8 Å². The van der Waals surface area contributed by atoms with Gasteiger partial charge < -0.3 is 10.3 Å². The van der Waals surface area contributed by atoms with Crippen molar-refractivity contribution >= 4 is 5.91 Å². The van der Waals surface area contributed by atoms with Crippen molar-refractivity contribution in [2.45, 2.75) is 37.8 Å². The highest BCUT2D eigenvalue weighted by atomic mass is 16.2. The molecule has 5 nitrogen and oxygen atoms in total. The van der Waals surface area contributed by atoms with Crippen LogP contribution in [0.1, 0.15) is 36.0 Å². The van der Waals surface area contributed by atoms with Gasteiger partial charge in [0.05, 0.1) is 0 Å². The van der Waals surface area contributed by atoms with Crippen LogP contribution in [0, 0.1) is 0 Å². The van der Waals surface area contributed by atoms with E-state index in [0.717, 1.165) is 25.9 Å². The molecule has 2 atom stereocenters. The first kappa shape index (κ1) is 12.4. The molecule has 0 radical (unpaired) electrons. The minimum absolute atomic E-state index is 0.134. The van der Waals surface area contributed by atoms with Crippen LogP contribution < -0.4 is 10.9 Å². The number of aromatic amines is 1. The fourth-order valence-electron chi connectivity index (χ4n) is 3.30. The number of rotatable bonds is 2. The summed E-state index contributed by atoms with van der Waals surface area (Å²) >= 11 is 0. The van der Waals surface area contributed by atoms with E-state index >= 15 is 0 Å². The van der Waals surface area contributed by atoms with Crippen LogP contribution in [0.25, 0.3) is 0 Å². The maximum absolute atomic E-state index is 12.2. The number of aromatic nitrogens is 1. The van der Waals surface area contributed by atoms with Crippen LogP contribution >= 0.6 is 0 Å². The zero-order chi connectivity index (χ0) is 13.2. The summed E-state index contributed by atoms with van der Waals surface area (Å²) in [5.74, 6) is -0.134. The Morgan fingerprint density at radius 2 is 2.11 bits per heavy atom. The van der Waals surface area contributed by atoms with E-state index in [1.807, 2.05) is 0 Å². The van der Waals surface area contributed by atoms with Gasteiger partial charge in [0.1, 0.15) is 0 Å². The lowest BCUT2D eigenvalue weighted by molar-refractivity contribution is 0.0868. The average molecular weight is 261 g/mol. The fourth-order valence-corrected chi connectivity index (χ4v) is 3.30. The molecule has 2 aliphatic rings. The van der Waals surface area contributed by atoms with Crippen molar-refractivity contribution in [1.29, 1.82) is 0 Å². The van der Waals surface area contributed by atoms with Gasteiger partial charge in [-0.1, -0.05) is 0 Å². The second-order valence-corrected chi connectivity index (χ2v) is 5.41. The Hall–Kier alpha value is -1.62. The number of pyridine rings is 1. The topological polar surface area (TPSA) is 65.2 Å². The number of H-pyrrole nitrogens is 1. The second kappa shape index (κ2) is 5.17. The molecule has 0 unspecified atom stereocenters. The van der Waals surface area contributed by atoms with Crippen molar-refractivity contribution in [3.05, 3.63) is 34.2 Å². The van der Waals surface area contributed by atoms with Crippen LogP contribution in [0.5, 0.6) is 0 Å². The van der Waals surface area contributed by atoms with Crippen molar-refractivity contribution < 1.29 is 4.79 Å². The van der Waals surface area contributed by atoms with E-state index in [-0.39, 0.29) is 17.5 Å². The number of hydrogen-bond donors (Lipinski definition) is 2. The maximum Gasteiger partial charge on any atom is 0.251 e. The molecule has 2 saturated heterocycles. The normalized spacial score (nSPS) is 26.9. The van der Waals surface area contributed by atoms with Crippen molar-refractivity contribution in [2.75, 3.05) is 13.1 Å². The Morgan fingerprint density at radius 3 is 2.89 bits per heavy atom.